The van der Waals surface area contributed by atoms with Crippen LogP contribution in [-0.2, 0) is 19.6 Å². The van der Waals surface area contributed by atoms with Crippen LogP contribution in [0.1, 0.15) is 29.6 Å². The molecule has 1 aliphatic rings. The van der Waals surface area contributed by atoms with Gasteiger partial charge in [0.2, 0.25) is 0 Å². The van der Waals surface area contributed by atoms with Crippen molar-refractivity contribution in [3.63, 3.8) is 0 Å². The van der Waals surface area contributed by atoms with Crippen LogP contribution in [0.4, 0.5) is 5.69 Å². The third-order valence-corrected chi connectivity index (χ3v) is 7.02. The smallest absolute Gasteiger partial charge is 0.340 e. The van der Waals surface area contributed by atoms with Crippen molar-refractivity contribution in [2.75, 3.05) is 10.8 Å². The Hall–Kier alpha value is -2.35. The number of hydrogen-bond donors (Lipinski definition) is 0. The minimum absolute atomic E-state index is 0.00292. The number of carbonyl (C=O) groups excluding carboxylic acids is 2. The van der Waals surface area contributed by atoms with Crippen molar-refractivity contribution in [2.45, 2.75) is 30.3 Å². The van der Waals surface area contributed by atoms with E-state index in [1.807, 2.05) is 0 Å². The van der Waals surface area contributed by atoms with E-state index in [0.29, 0.717) is 30.0 Å². The number of carbonyl (C=O) groups is 2. The monoisotopic (exact) mass is 467 g/mol. The highest BCUT2D eigenvalue weighted by molar-refractivity contribution is 7.92. The number of ether oxygens (including phenoxy) is 1. The normalized spacial score (nSPS) is 16.3. The van der Waals surface area contributed by atoms with Crippen molar-refractivity contribution in [3.05, 3.63) is 70.7 Å². The van der Waals surface area contributed by atoms with Gasteiger partial charge in [0.05, 0.1) is 27.7 Å². The average Bonchev–Trinajstić information content (AvgIpc) is 3.11. The lowest BCUT2D eigenvalue weighted by Gasteiger charge is -2.23. The van der Waals surface area contributed by atoms with Crippen molar-refractivity contribution in [1.29, 1.82) is 0 Å². The largest absolute Gasteiger partial charge is 0.451 e. The number of benzene rings is 2. The Morgan fingerprint density at radius 1 is 1.20 bits per heavy atom. The Morgan fingerprint density at radius 2 is 1.90 bits per heavy atom. The second-order valence-electron chi connectivity index (χ2n) is 6.70. The molecule has 0 amide bonds. The third-order valence-electron chi connectivity index (χ3n) is 4.65. The Balaban J connectivity index is 1.95. The Morgan fingerprint density at radius 3 is 2.50 bits per heavy atom. The molecule has 30 heavy (non-hydrogen) atoms. The third kappa shape index (κ3) is 4.69. The van der Waals surface area contributed by atoms with Crippen LogP contribution in [0.25, 0.3) is 0 Å². The van der Waals surface area contributed by atoms with E-state index in [1.54, 1.807) is 24.3 Å². The predicted molar refractivity (Wildman–Crippen MR) is 116 cm³/mol. The quantitative estimate of drug-likeness (QED) is 0.437. The van der Waals surface area contributed by atoms with Gasteiger partial charge >= 0.3 is 5.97 Å². The van der Waals surface area contributed by atoms with Crippen molar-refractivity contribution in [2.24, 2.45) is 0 Å². The van der Waals surface area contributed by atoms with E-state index in [0.717, 1.165) is 10.4 Å². The van der Waals surface area contributed by atoms with Gasteiger partial charge in [0.15, 0.2) is 11.9 Å². The standard InChI is InChI=1S/C21H19Cl2NO5S/c1-2-12-24(15-8-6-14(22)7-9-15)30(27,28)16-10-11-18(23)17(13-16)21(26)29-20-5-3-4-19(20)25/h2,6-11,13,20H,1,3-5,12H2/t20-/m1/s1. The number of rotatable bonds is 7. The zero-order chi connectivity index (χ0) is 21.9. The molecule has 1 fully saturated rings. The fraction of sp³-hybridized carbons (Fsp3) is 0.238. The molecule has 0 bridgehead atoms. The molecular formula is C21H19Cl2NO5S. The summed E-state index contributed by atoms with van der Waals surface area (Å²) in [6.07, 6.45) is 2.08. The molecule has 0 radical (unpaired) electrons. The molecule has 0 saturated heterocycles. The average molecular weight is 468 g/mol. The molecule has 0 aliphatic heterocycles. The lowest BCUT2D eigenvalue weighted by molar-refractivity contribution is -0.124. The number of anilines is 1. The molecule has 3 rings (SSSR count). The molecule has 0 unspecified atom stereocenters. The van der Waals surface area contributed by atoms with Crippen LogP contribution in [0.5, 0.6) is 0 Å². The molecule has 158 valence electrons. The first-order chi connectivity index (χ1) is 14.2. The van der Waals surface area contributed by atoms with E-state index in [-0.39, 0.29) is 27.8 Å². The lowest BCUT2D eigenvalue weighted by Crippen LogP contribution is -2.31. The summed E-state index contributed by atoms with van der Waals surface area (Å²) in [5.74, 6) is -0.984. The van der Waals surface area contributed by atoms with Gasteiger partial charge in [-0.1, -0.05) is 29.3 Å². The van der Waals surface area contributed by atoms with Crippen LogP contribution >= 0.6 is 23.2 Å². The van der Waals surface area contributed by atoms with Gasteiger partial charge in [0.25, 0.3) is 10.0 Å². The molecule has 1 atom stereocenters. The molecule has 0 aromatic heterocycles. The van der Waals surface area contributed by atoms with Gasteiger partial charge in [-0.25, -0.2) is 13.2 Å². The Labute approximate surface area is 185 Å². The van der Waals surface area contributed by atoms with Crippen LogP contribution in [0, 0.1) is 0 Å². The number of Topliss-reactive ketones (excluding diaryl/α,β-unsaturated/α-hetero) is 1. The van der Waals surface area contributed by atoms with Crippen molar-refractivity contribution < 1.29 is 22.7 Å². The topological polar surface area (TPSA) is 80.8 Å². The summed E-state index contributed by atoms with van der Waals surface area (Å²) in [5, 5.41) is 0.499. The zero-order valence-corrected chi connectivity index (χ0v) is 18.2. The first-order valence-electron chi connectivity index (χ1n) is 9.16. The number of sulfonamides is 1. The van der Waals surface area contributed by atoms with Crippen molar-refractivity contribution in [1.82, 2.24) is 0 Å². The van der Waals surface area contributed by atoms with Crippen molar-refractivity contribution >= 4 is 50.7 Å². The molecule has 1 saturated carbocycles. The van der Waals surface area contributed by atoms with Gasteiger partial charge in [0.1, 0.15) is 0 Å². The molecule has 1 aliphatic carbocycles. The second-order valence-corrected chi connectivity index (χ2v) is 9.40. The summed E-state index contributed by atoms with van der Waals surface area (Å²) >= 11 is 12.0. The van der Waals surface area contributed by atoms with Crippen LogP contribution in [0.2, 0.25) is 10.0 Å². The summed E-state index contributed by atoms with van der Waals surface area (Å²) < 4.78 is 33.0. The highest BCUT2D eigenvalue weighted by Crippen LogP contribution is 2.29. The van der Waals surface area contributed by atoms with Gasteiger partial charge in [-0.15, -0.1) is 6.58 Å². The first-order valence-corrected chi connectivity index (χ1v) is 11.4. The van der Waals surface area contributed by atoms with Gasteiger partial charge < -0.3 is 4.74 Å². The van der Waals surface area contributed by atoms with E-state index < -0.39 is 22.1 Å². The van der Waals surface area contributed by atoms with E-state index in [1.165, 1.54) is 18.2 Å². The van der Waals surface area contributed by atoms with E-state index >= 15 is 0 Å². The van der Waals surface area contributed by atoms with Crippen molar-refractivity contribution in [3.8, 4) is 0 Å². The minimum atomic E-state index is -4.05. The molecule has 0 N–H and O–H groups in total. The molecule has 2 aromatic rings. The van der Waals surface area contributed by atoms with E-state index in [4.69, 9.17) is 27.9 Å². The van der Waals surface area contributed by atoms with Gasteiger partial charge in [0, 0.05) is 11.4 Å². The first kappa shape index (κ1) is 22.3. The fourth-order valence-corrected chi connectivity index (χ4v) is 4.90. The molecule has 6 nitrogen and oxygen atoms in total. The minimum Gasteiger partial charge on any atom is -0.451 e. The van der Waals surface area contributed by atoms with E-state index in [9.17, 15) is 18.0 Å². The maximum absolute atomic E-state index is 13.3. The number of esters is 1. The summed E-state index contributed by atoms with van der Waals surface area (Å²) in [5.41, 5.74) is 0.266. The van der Waals surface area contributed by atoms with E-state index in [2.05, 4.69) is 6.58 Å². The highest BCUT2D eigenvalue weighted by Gasteiger charge is 2.30. The lowest BCUT2D eigenvalue weighted by atomic mass is 10.2. The van der Waals surface area contributed by atoms with Gasteiger partial charge in [-0.2, -0.15) is 0 Å². The molecule has 2 aromatic carbocycles. The van der Waals surface area contributed by atoms with Gasteiger partial charge in [-0.3, -0.25) is 9.10 Å². The summed E-state index contributed by atoms with van der Waals surface area (Å²) in [4.78, 5) is 24.2. The predicted octanol–water partition coefficient (Wildman–Crippen LogP) is 4.65. The summed E-state index contributed by atoms with van der Waals surface area (Å²) in [7, 11) is -4.05. The maximum Gasteiger partial charge on any atom is 0.340 e. The Kier molecular flexibility index (Phi) is 6.85. The Bertz CT molecular complexity index is 1080. The maximum atomic E-state index is 13.3. The van der Waals surface area contributed by atoms with Crippen LogP contribution in [0.3, 0.4) is 0 Å². The van der Waals surface area contributed by atoms with Gasteiger partial charge in [-0.05, 0) is 55.3 Å². The zero-order valence-electron chi connectivity index (χ0n) is 15.9. The van der Waals surface area contributed by atoms with Crippen LogP contribution in [0.15, 0.2) is 60.0 Å². The summed E-state index contributed by atoms with van der Waals surface area (Å²) in [6.45, 7) is 3.62. The number of hydrogen-bond acceptors (Lipinski definition) is 5. The molecular weight excluding hydrogens is 449 g/mol. The molecule has 0 heterocycles. The second kappa shape index (κ2) is 9.20. The molecule has 0 spiro atoms. The van der Waals surface area contributed by atoms with Crippen LogP contribution in [-0.4, -0.2) is 32.8 Å². The summed E-state index contributed by atoms with van der Waals surface area (Å²) in [6, 6.07) is 10.1. The highest BCUT2D eigenvalue weighted by atomic mass is 35.5. The number of ketones is 1. The fourth-order valence-electron chi connectivity index (χ4n) is 3.12. The SMILES string of the molecule is C=CCN(c1ccc(Cl)cc1)S(=O)(=O)c1ccc(Cl)c(C(=O)O[C@@H]2CCCC2=O)c1. The molecule has 9 heteroatoms. The number of halogens is 2. The number of nitrogens with zero attached hydrogens (tertiary/aromatic N) is 1. The van der Waals surface area contributed by atoms with Crippen LogP contribution < -0.4 is 4.31 Å².